The maximum Gasteiger partial charge on any atom is 0.225 e. The van der Waals surface area contributed by atoms with Crippen molar-refractivity contribution in [2.45, 2.75) is 39.0 Å². The highest BCUT2D eigenvalue weighted by Crippen LogP contribution is 2.29. The molecule has 0 aromatic heterocycles. The van der Waals surface area contributed by atoms with Crippen LogP contribution < -0.4 is 0 Å². The molecule has 0 aromatic carbocycles. The van der Waals surface area contributed by atoms with E-state index in [0.29, 0.717) is 11.8 Å². The highest BCUT2D eigenvalue weighted by Gasteiger charge is 2.30. The third kappa shape index (κ3) is 1.87. The van der Waals surface area contributed by atoms with Gasteiger partial charge in [0.1, 0.15) is 0 Å². The summed E-state index contributed by atoms with van der Waals surface area (Å²) in [4.78, 5) is 13.9. The minimum atomic E-state index is 0.394. The highest BCUT2D eigenvalue weighted by atomic mass is 16.2. The number of hydrogen-bond acceptors (Lipinski definition) is 1. The molecule has 1 saturated carbocycles. The topological polar surface area (TPSA) is 20.3 Å². The van der Waals surface area contributed by atoms with Crippen LogP contribution in [0.4, 0.5) is 0 Å². The van der Waals surface area contributed by atoms with E-state index in [1.807, 2.05) is 0 Å². The molecule has 1 aliphatic heterocycles. The van der Waals surface area contributed by atoms with Gasteiger partial charge in [0.15, 0.2) is 0 Å². The fraction of sp³-hybridized carbons (Fsp3) is 0.909. The van der Waals surface area contributed by atoms with Crippen LogP contribution >= 0.6 is 0 Å². The zero-order valence-electron chi connectivity index (χ0n) is 8.46. The van der Waals surface area contributed by atoms with Crippen molar-refractivity contribution < 1.29 is 4.79 Å². The van der Waals surface area contributed by atoms with Gasteiger partial charge >= 0.3 is 0 Å². The van der Waals surface area contributed by atoms with Crippen LogP contribution in [0.1, 0.15) is 39.0 Å². The number of likely N-dealkylation sites (tertiary alicyclic amines) is 1. The Hall–Kier alpha value is -0.530. The third-order valence-electron chi connectivity index (χ3n) is 3.42. The molecule has 0 bridgehead atoms. The second-order valence-corrected chi connectivity index (χ2v) is 4.66. The zero-order valence-corrected chi connectivity index (χ0v) is 8.46. The van der Waals surface area contributed by atoms with E-state index in [1.54, 1.807) is 0 Å². The molecule has 1 saturated heterocycles. The Balaban J connectivity index is 1.87. The second-order valence-electron chi connectivity index (χ2n) is 4.66. The van der Waals surface area contributed by atoms with E-state index >= 15 is 0 Å². The fourth-order valence-corrected chi connectivity index (χ4v) is 2.30. The first-order valence-electron chi connectivity index (χ1n) is 5.56. The van der Waals surface area contributed by atoms with Crippen LogP contribution in [0.2, 0.25) is 0 Å². The Morgan fingerprint density at radius 2 is 2.00 bits per heavy atom. The maximum absolute atomic E-state index is 11.9. The molecule has 1 amide bonds. The molecule has 2 rings (SSSR count). The summed E-state index contributed by atoms with van der Waals surface area (Å²) < 4.78 is 0. The molecule has 2 heteroatoms. The fourth-order valence-electron chi connectivity index (χ4n) is 2.30. The molecule has 0 radical (unpaired) electrons. The molecule has 0 N–H and O–H groups in total. The lowest BCUT2D eigenvalue weighted by Crippen LogP contribution is -2.44. The summed E-state index contributed by atoms with van der Waals surface area (Å²) in [6.07, 6.45) is 6.06. The molecule has 2 aliphatic rings. The Bertz CT molecular complexity index is 198. The van der Waals surface area contributed by atoms with Gasteiger partial charge in [0, 0.05) is 19.0 Å². The molecule has 0 unspecified atom stereocenters. The molecule has 1 atom stereocenters. The first-order valence-corrected chi connectivity index (χ1v) is 5.56. The smallest absolute Gasteiger partial charge is 0.225 e. The van der Waals surface area contributed by atoms with Crippen molar-refractivity contribution in [1.82, 2.24) is 4.90 Å². The summed E-state index contributed by atoms with van der Waals surface area (Å²) in [6.45, 7) is 4.27. The Morgan fingerprint density at radius 3 is 2.54 bits per heavy atom. The summed E-state index contributed by atoms with van der Waals surface area (Å²) in [6, 6.07) is 0. The van der Waals surface area contributed by atoms with Crippen LogP contribution in [0.3, 0.4) is 0 Å². The van der Waals surface area contributed by atoms with Gasteiger partial charge in [-0.05, 0) is 31.6 Å². The van der Waals surface area contributed by atoms with Crippen LogP contribution in [0.5, 0.6) is 0 Å². The number of piperidine rings is 1. The summed E-state index contributed by atoms with van der Waals surface area (Å²) in [5.74, 6) is 1.56. The molecule has 0 aromatic rings. The van der Waals surface area contributed by atoms with E-state index in [0.717, 1.165) is 31.8 Å². The van der Waals surface area contributed by atoms with Crippen molar-refractivity contribution in [2.24, 2.45) is 11.8 Å². The summed E-state index contributed by atoms with van der Waals surface area (Å²) in [7, 11) is 0. The van der Waals surface area contributed by atoms with E-state index in [9.17, 15) is 4.79 Å². The van der Waals surface area contributed by atoms with Crippen molar-refractivity contribution in [3.05, 3.63) is 0 Å². The Labute approximate surface area is 80.3 Å². The lowest BCUT2D eigenvalue weighted by Gasteiger charge is -2.36. The number of rotatable bonds is 1. The Morgan fingerprint density at radius 1 is 1.23 bits per heavy atom. The minimum Gasteiger partial charge on any atom is -0.342 e. The van der Waals surface area contributed by atoms with Gasteiger partial charge in [-0.2, -0.15) is 0 Å². The molecular weight excluding hydrogens is 162 g/mol. The molecule has 0 spiro atoms. The molecular formula is C11H19NO. The zero-order chi connectivity index (χ0) is 9.26. The van der Waals surface area contributed by atoms with Gasteiger partial charge in [-0.25, -0.2) is 0 Å². The summed E-state index contributed by atoms with van der Waals surface area (Å²) in [5, 5.41) is 0. The highest BCUT2D eigenvalue weighted by molar-refractivity contribution is 5.79. The van der Waals surface area contributed by atoms with Crippen molar-refractivity contribution in [3.63, 3.8) is 0 Å². The lowest BCUT2D eigenvalue weighted by atomic mass is 9.83. The molecule has 13 heavy (non-hydrogen) atoms. The van der Waals surface area contributed by atoms with Gasteiger partial charge < -0.3 is 4.90 Å². The number of hydrogen-bond donors (Lipinski definition) is 0. The van der Waals surface area contributed by atoms with Gasteiger partial charge in [-0.1, -0.05) is 13.3 Å². The minimum absolute atomic E-state index is 0.394. The van der Waals surface area contributed by atoms with Crippen LogP contribution in [0.15, 0.2) is 0 Å². The van der Waals surface area contributed by atoms with Crippen LogP contribution in [-0.4, -0.2) is 23.9 Å². The first kappa shape index (κ1) is 9.04. The largest absolute Gasteiger partial charge is 0.342 e. The van der Waals surface area contributed by atoms with Gasteiger partial charge in [0.25, 0.3) is 0 Å². The quantitative estimate of drug-likeness (QED) is 0.606. The van der Waals surface area contributed by atoms with Crippen molar-refractivity contribution >= 4 is 5.91 Å². The van der Waals surface area contributed by atoms with Crippen molar-refractivity contribution in [1.29, 1.82) is 0 Å². The van der Waals surface area contributed by atoms with Gasteiger partial charge in [-0.15, -0.1) is 0 Å². The van der Waals surface area contributed by atoms with Crippen LogP contribution in [0.25, 0.3) is 0 Å². The molecule has 2 nitrogen and oxygen atoms in total. The summed E-state index contributed by atoms with van der Waals surface area (Å²) >= 11 is 0. The normalized spacial score (nSPS) is 29.9. The van der Waals surface area contributed by atoms with E-state index in [1.165, 1.54) is 19.3 Å². The third-order valence-corrected chi connectivity index (χ3v) is 3.42. The molecule has 2 fully saturated rings. The second kappa shape index (κ2) is 3.69. The standard InChI is InChI=1S/C11H19NO/c1-9-4-3-7-12(8-9)11(13)10-5-2-6-10/h9-10H,2-8H2,1H3/t9-/m1/s1. The lowest BCUT2D eigenvalue weighted by molar-refractivity contribution is -0.139. The number of carbonyl (C=O) groups is 1. The average Bonchev–Trinajstić information content (AvgIpc) is 2.01. The molecule has 74 valence electrons. The number of carbonyl (C=O) groups excluding carboxylic acids is 1. The molecule has 1 aliphatic carbocycles. The Kier molecular flexibility index (Phi) is 2.56. The first-order chi connectivity index (χ1) is 6.27. The maximum atomic E-state index is 11.9. The SMILES string of the molecule is C[C@@H]1CCCN(C(=O)C2CCC2)C1. The average molecular weight is 181 g/mol. The number of nitrogens with zero attached hydrogens (tertiary/aromatic N) is 1. The van der Waals surface area contributed by atoms with E-state index in [-0.39, 0.29) is 0 Å². The van der Waals surface area contributed by atoms with Gasteiger partial charge in [0.2, 0.25) is 5.91 Å². The summed E-state index contributed by atoms with van der Waals surface area (Å²) in [5.41, 5.74) is 0. The van der Waals surface area contributed by atoms with Gasteiger partial charge in [0.05, 0.1) is 0 Å². The van der Waals surface area contributed by atoms with E-state index in [2.05, 4.69) is 11.8 Å². The predicted octanol–water partition coefficient (Wildman–Crippen LogP) is 2.04. The van der Waals surface area contributed by atoms with Crippen molar-refractivity contribution in [2.75, 3.05) is 13.1 Å². The molecule has 1 heterocycles. The van der Waals surface area contributed by atoms with Gasteiger partial charge in [-0.3, -0.25) is 4.79 Å². The van der Waals surface area contributed by atoms with E-state index in [4.69, 9.17) is 0 Å². The monoisotopic (exact) mass is 181 g/mol. The van der Waals surface area contributed by atoms with Crippen molar-refractivity contribution in [3.8, 4) is 0 Å². The van der Waals surface area contributed by atoms with Crippen LogP contribution in [0, 0.1) is 11.8 Å². The van der Waals surface area contributed by atoms with Crippen LogP contribution in [-0.2, 0) is 4.79 Å². The number of amides is 1. The van der Waals surface area contributed by atoms with E-state index < -0.39 is 0 Å². The predicted molar refractivity (Wildman–Crippen MR) is 52.3 cm³/mol.